The Morgan fingerprint density at radius 3 is 2.34 bits per heavy atom. The largest absolute Gasteiger partial charge is 0.383 e. The highest BCUT2D eigenvalue weighted by Crippen LogP contribution is 2.26. The molecule has 0 radical (unpaired) electrons. The summed E-state index contributed by atoms with van der Waals surface area (Å²) in [6.45, 7) is 9.96. The van der Waals surface area contributed by atoms with Crippen molar-refractivity contribution >= 4 is 23.8 Å². The predicted molar refractivity (Wildman–Crippen MR) is 146 cm³/mol. The van der Waals surface area contributed by atoms with E-state index in [1.54, 1.807) is 0 Å². The van der Waals surface area contributed by atoms with E-state index >= 15 is 0 Å². The first-order chi connectivity index (χ1) is 18.1. The fraction of sp³-hybridized carbons (Fsp3) is 0.621. The van der Waals surface area contributed by atoms with Gasteiger partial charge in [0, 0.05) is 19.6 Å². The number of carbonyl (C=O) groups excluding carboxylic acids is 3. The SMILES string of the molecule is CC(C)C[C@@H](C(=O)NN(CC(C)C)C(=O)C(C)O)[C@H](CC=Cc1ccccc1)C(=O)NOC1CCCCO1. The summed E-state index contributed by atoms with van der Waals surface area (Å²) in [6, 6.07) is 9.70. The zero-order valence-corrected chi connectivity index (χ0v) is 23.4. The van der Waals surface area contributed by atoms with Gasteiger partial charge in [-0.05, 0) is 50.0 Å². The summed E-state index contributed by atoms with van der Waals surface area (Å²) >= 11 is 0. The Morgan fingerprint density at radius 2 is 1.76 bits per heavy atom. The summed E-state index contributed by atoms with van der Waals surface area (Å²) < 4.78 is 5.56. The number of ether oxygens (including phenoxy) is 1. The number of nitrogens with one attached hydrogen (secondary N) is 2. The van der Waals surface area contributed by atoms with Crippen molar-refractivity contribution in [1.29, 1.82) is 0 Å². The lowest BCUT2D eigenvalue weighted by Gasteiger charge is -2.31. The standard InChI is InChI=1S/C29H45N3O6/c1-20(2)18-25(27(34)30-32(19-21(3)4)29(36)22(5)33)24(15-11-14-23-12-7-6-8-13-23)28(35)31-38-26-16-9-10-17-37-26/h6-8,11-14,20-22,24-26,33H,9-10,15-19H2,1-5H3,(H,30,34)(H,31,35)/t22?,24-,25+,26?/m0/s1. The van der Waals surface area contributed by atoms with E-state index in [0.717, 1.165) is 23.4 Å². The van der Waals surface area contributed by atoms with Crippen LogP contribution in [0.1, 0.15) is 72.3 Å². The normalized spacial score (nSPS) is 18.3. The van der Waals surface area contributed by atoms with Crippen molar-refractivity contribution in [2.75, 3.05) is 13.2 Å². The van der Waals surface area contributed by atoms with Gasteiger partial charge in [0.25, 0.3) is 5.91 Å². The molecule has 4 atom stereocenters. The third kappa shape index (κ3) is 10.9. The molecule has 1 aliphatic heterocycles. The molecule has 3 N–H and O–H groups in total. The number of carbonyl (C=O) groups is 3. The molecule has 0 spiro atoms. The summed E-state index contributed by atoms with van der Waals surface area (Å²) in [6.07, 6.45) is 5.30. The van der Waals surface area contributed by atoms with Crippen molar-refractivity contribution in [3.05, 3.63) is 42.0 Å². The quantitative estimate of drug-likeness (QED) is 0.333. The molecule has 0 saturated carbocycles. The molecule has 2 unspecified atom stereocenters. The van der Waals surface area contributed by atoms with Crippen LogP contribution in [-0.2, 0) is 24.0 Å². The highest BCUT2D eigenvalue weighted by Gasteiger charge is 2.36. The predicted octanol–water partition coefficient (Wildman–Crippen LogP) is 3.84. The Kier molecular flexibility index (Phi) is 13.5. The van der Waals surface area contributed by atoms with Gasteiger partial charge < -0.3 is 9.84 Å². The number of hydrogen-bond acceptors (Lipinski definition) is 6. The Hall–Kier alpha value is -2.75. The number of amides is 3. The van der Waals surface area contributed by atoms with Gasteiger partial charge in [0.1, 0.15) is 6.10 Å². The van der Waals surface area contributed by atoms with Gasteiger partial charge >= 0.3 is 0 Å². The molecule has 1 saturated heterocycles. The van der Waals surface area contributed by atoms with E-state index in [-0.39, 0.29) is 24.8 Å². The zero-order chi connectivity index (χ0) is 28.1. The molecule has 0 aliphatic carbocycles. The number of hydroxylamine groups is 1. The summed E-state index contributed by atoms with van der Waals surface area (Å²) in [5, 5.41) is 11.0. The van der Waals surface area contributed by atoms with Crippen molar-refractivity contribution in [2.24, 2.45) is 23.7 Å². The summed E-state index contributed by atoms with van der Waals surface area (Å²) in [5.74, 6) is -2.82. The van der Waals surface area contributed by atoms with Gasteiger partial charge in [-0.25, -0.2) is 10.3 Å². The third-order valence-corrected chi connectivity index (χ3v) is 6.23. The maximum absolute atomic E-state index is 13.6. The highest BCUT2D eigenvalue weighted by atomic mass is 16.8. The smallest absolute Gasteiger partial charge is 0.269 e. The van der Waals surface area contributed by atoms with E-state index in [4.69, 9.17) is 9.57 Å². The van der Waals surface area contributed by atoms with E-state index in [9.17, 15) is 19.5 Å². The van der Waals surface area contributed by atoms with Crippen LogP contribution < -0.4 is 10.9 Å². The number of hydrogen-bond donors (Lipinski definition) is 3. The molecular weight excluding hydrogens is 486 g/mol. The minimum Gasteiger partial charge on any atom is -0.383 e. The van der Waals surface area contributed by atoms with E-state index in [0.29, 0.717) is 19.4 Å². The number of nitrogens with zero attached hydrogens (tertiary/aromatic N) is 1. The molecule has 1 aromatic carbocycles. The maximum atomic E-state index is 13.6. The third-order valence-electron chi connectivity index (χ3n) is 6.23. The van der Waals surface area contributed by atoms with Crippen molar-refractivity contribution in [3.63, 3.8) is 0 Å². The van der Waals surface area contributed by atoms with Gasteiger partial charge in [-0.2, -0.15) is 0 Å². The Labute approximate surface area is 226 Å². The lowest BCUT2D eigenvalue weighted by molar-refractivity contribution is -0.203. The second kappa shape index (κ2) is 16.3. The monoisotopic (exact) mass is 531 g/mol. The molecule has 1 fully saturated rings. The van der Waals surface area contributed by atoms with Gasteiger partial charge in [0.2, 0.25) is 11.8 Å². The Bertz CT molecular complexity index is 897. The van der Waals surface area contributed by atoms with E-state index in [1.807, 2.05) is 70.2 Å². The number of rotatable bonds is 13. The van der Waals surface area contributed by atoms with Gasteiger partial charge in [-0.1, -0.05) is 70.2 Å². The topological polar surface area (TPSA) is 117 Å². The first kappa shape index (κ1) is 31.5. The molecule has 3 amide bonds. The van der Waals surface area contributed by atoms with Crippen LogP contribution in [-0.4, -0.2) is 53.4 Å². The number of allylic oxidation sites excluding steroid dienone is 1. The molecule has 38 heavy (non-hydrogen) atoms. The average Bonchev–Trinajstić information content (AvgIpc) is 2.88. The van der Waals surface area contributed by atoms with E-state index in [2.05, 4.69) is 10.9 Å². The van der Waals surface area contributed by atoms with Gasteiger partial charge in [0.05, 0.1) is 11.8 Å². The highest BCUT2D eigenvalue weighted by molar-refractivity contribution is 5.89. The lowest BCUT2D eigenvalue weighted by atomic mass is 9.82. The second-order valence-corrected chi connectivity index (χ2v) is 10.8. The van der Waals surface area contributed by atoms with E-state index < -0.39 is 42.0 Å². The number of aliphatic hydroxyl groups is 1. The summed E-state index contributed by atoms with van der Waals surface area (Å²) in [5.41, 5.74) is 6.22. The van der Waals surface area contributed by atoms with Crippen molar-refractivity contribution in [2.45, 2.75) is 79.1 Å². The van der Waals surface area contributed by atoms with Crippen LogP contribution in [0.3, 0.4) is 0 Å². The van der Waals surface area contributed by atoms with Crippen LogP contribution in [0.15, 0.2) is 36.4 Å². The lowest BCUT2D eigenvalue weighted by Crippen LogP contribution is -2.54. The van der Waals surface area contributed by atoms with E-state index in [1.165, 1.54) is 6.92 Å². The Morgan fingerprint density at radius 1 is 1.05 bits per heavy atom. The molecule has 212 valence electrons. The average molecular weight is 532 g/mol. The Balaban J connectivity index is 2.28. The fourth-order valence-corrected chi connectivity index (χ4v) is 4.33. The van der Waals surface area contributed by atoms with Gasteiger partial charge in [-0.3, -0.25) is 24.8 Å². The maximum Gasteiger partial charge on any atom is 0.269 e. The summed E-state index contributed by atoms with van der Waals surface area (Å²) in [4.78, 5) is 45.2. The second-order valence-electron chi connectivity index (χ2n) is 10.8. The van der Waals surface area contributed by atoms with Gasteiger partial charge in [0.15, 0.2) is 6.29 Å². The van der Waals surface area contributed by atoms with Gasteiger partial charge in [-0.15, -0.1) is 0 Å². The molecule has 1 aromatic rings. The number of hydrazine groups is 1. The van der Waals surface area contributed by atoms with Crippen molar-refractivity contribution in [3.8, 4) is 0 Å². The number of aliphatic hydroxyl groups excluding tert-OH is 1. The number of benzene rings is 1. The molecule has 9 nitrogen and oxygen atoms in total. The molecule has 1 aliphatic rings. The first-order valence-electron chi connectivity index (χ1n) is 13.7. The minimum absolute atomic E-state index is 0.0540. The van der Waals surface area contributed by atoms with Crippen LogP contribution in [0, 0.1) is 23.7 Å². The van der Waals surface area contributed by atoms with Crippen LogP contribution in [0.2, 0.25) is 0 Å². The minimum atomic E-state index is -1.27. The molecule has 0 aromatic heterocycles. The van der Waals surface area contributed by atoms with Crippen LogP contribution in [0.25, 0.3) is 6.08 Å². The van der Waals surface area contributed by atoms with Crippen molar-refractivity contribution < 1.29 is 29.1 Å². The summed E-state index contributed by atoms with van der Waals surface area (Å²) in [7, 11) is 0. The van der Waals surface area contributed by atoms with Crippen LogP contribution >= 0.6 is 0 Å². The molecule has 1 heterocycles. The van der Waals surface area contributed by atoms with Crippen LogP contribution in [0.4, 0.5) is 0 Å². The molecule has 9 heteroatoms. The molecule has 2 rings (SSSR count). The molecule has 0 bridgehead atoms. The first-order valence-corrected chi connectivity index (χ1v) is 13.7. The van der Waals surface area contributed by atoms with Crippen LogP contribution in [0.5, 0.6) is 0 Å². The fourth-order valence-electron chi connectivity index (χ4n) is 4.33. The zero-order valence-electron chi connectivity index (χ0n) is 23.4. The van der Waals surface area contributed by atoms with Crippen molar-refractivity contribution in [1.82, 2.24) is 15.9 Å². The molecular formula is C29H45N3O6.